The van der Waals surface area contributed by atoms with E-state index in [1.54, 1.807) is 52.0 Å². The number of hydrogen-bond acceptors (Lipinski definition) is 6. The van der Waals surface area contributed by atoms with Crippen molar-refractivity contribution in [2.45, 2.75) is 50.7 Å². The Morgan fingerprint density at radius 3 is 2.67 bits per heavy atom. The molecule has 3 fully saturated rings. The van der Waals surface area contributed by atoms with Crippen LogP contribution >= 0.6 is 0 Å². The maximum absolute atomic E-state index is 13.7. The lowest BCUT2D eigenvalue weighted by Gasteiger charge is -2.34. The van der Waals surface area contributed by atoms with Gasteiger partial charge in [-0.2, -0.15) is 10.4 Å². The third-order valence-electron chi connectivity index (χ3n) is 7.50. The smallest absolute Gasteiger partial charge is 0.330 e. The number of likely N-dealkylation sites (tertiary alicyclic amines) is 1. The van der Waals surface area contributed by atoms with Crippen molar-refractivity contribution in [3.8, 4) is 6.07 Å². The van der Waals surface area contributed by atoms with Gasteiger partial charge in [-0.3, -0.25) is 19.3 Å². The van der Waals surface area contributed by atoms with E-state index in [0.717, 1.165) is 5.69 Å². The Balaban J connectivity index is 1.34. The van der Waals surface area contributed by atoms with Crippen molar-refractivity contribution >= 4 is 34.4 Å². The third-order valence-corrected chi connectivity index (χ3v) is 7.50. The van der Waals surface area contributed by atoms with Gasteiger partial charge in [0.1, 0.15) is 17.8 Å². The maximum atomic E-state index is 13.7. The summed E-state index contributed by atoms with van der Waals surface area (Å²) in [4.78, 5) is 49.6. The van der Waals surface area contributed by atoms with E-state index in [-0.39, 0.29) is 23.3 Å². The number of imide groups is 1. The van der Waals surface area contributed by atoms with Crippen LogP contribution in [0, 0.1) is 11.3 Å². The van der Waals surface area contributed by atoms with Gasteiger partial charge in [-0.15, -0.1) is 0 Å². The van der Waals surface area contributed by atoms with Gasteiger partial charge in [-0.05, 0) is 36.8 Å². The highest BCUT2D eigenvalue weighted by Gasteiger charge is 2.63. The molecule has 6 rings (SSSR count). The van der Waals surface area contributed by atoms with Crippen LogP contribution in [0.15, 0.2) is 36.5 Å². The average molecular weight is 484 g/mol. The molecule has 0 aliphatic carbocycles. The standard InChI is InChI=1S/C26H25N7O3/c1-26(2,3)20-11-19(30(4)29-20)23(34)31-13-15-10-18(31)22-24(35)33(25(36)32(15)22)17-8-7-14(12-27)21-16(17)6-5-9-28-21/h5-9,11,15,18,22H,10,13H2,1-4H3/t15-,18?,22-/m1/s1. The Hall–Kier alpha value is -4.26. The number of rotatable bonds is 2. The first-order valence-electron chi connectivity index (χ1n) is 11.9. The fraction of sp³-hybridized carbons (Fsp3) is 0.385. The summed E-state index contributed by atoms with van der Waals surface area (Å²) >= 11 is 0. The molecule has 0 spiro atoms. The van der Waals surface area contributed by atoms with Crippen molar-refractivity contribution < 1.29 is 14.4 Å². The number of carbonyl (C=O) groups excluding carboxylic acids is 3. The number of pyridine rings is 1. The molecule has 1 aromatic carbocycles. The summed E-state index contributed by atoms with van der Waals surface area (Å²) in [6.07, 6.45) is 2.15. The molecular weight excluding hydrogens is 458 g/mol. The molecule has 1 unspecified atom stereocenters. The lowest BCUT2D eigenvalue weighted by molar-refractivity contribution is -0.121. The van der Waals surface area contributed by atoms with Gasteiger partial charge in [0.15, 0.2) is 0 Å². The SMILES string of the molecule is Cn1nc(C(C)(C)C)cc1C(=O)N1C[C@H]2CC1[C@@H]1C(=O)N(c3ccc(C#N)c4ncccc34)C(=O)N21. The maximum Gasteiger partial charge on any atom is 0.332 e. The molecule has 36 heavy (non-hydrogen) atoms. The summed E-state index contributed by atoms with van der Waals surface area (Å²) in [5.74, 6) is -0.542. The Kier molecular flexibility index (Phi) is 4.55. The van der Waals surface area contributed by atoms with Crippen molar-refractivity contribution in [3.05, 3.63) is 53.5 Å². The summed E-state index contributed by atoms with van der Waals surface area (Å²) in [6.45, 7) is 6.50. The predicted octanol–water partition coefficient (Wildman–Crippen LogP) is 2.57. The number of fused-ring (bicyclic) bond motifs is 6. The van der Waals surface area contributed by atoms with Gasteiger partial charge in [-0.25, -0.2) is 9.69 Å². The third kappa shape index (κ3) is 2.92. The molecule has 0 N–H and O–H groups in total. The monoisotopic (exact) mass is 483 g/mol. The van der Waals surface area contributed by atoms with Crippen LogP contribution in [0.2, 0.25) is 0 Å². The molecule has 3 aromatic rings. The number of urea groups is 1. The molecule has 10 heteroatoms. The quantitative estimate of drug-likeness (QED) is 0.518. The zero-order valence-electron chi connectivity index (χ0n) is 20.5. The Morgan fingerprint density at radius 2 is 1.97 bits per heavy atom. The van der Waals surface area contributed by atoms with Crippen LogP contribution in [-0.4, -0.2) is 67.1 Å². The van der Waals surface area contributed by atoms with Crippen LogP contribution in [-0.2, 0) is 17.3 Å². The van der Waals surface area contributed by atoms with Gasteiger partial charge in [0.25, 0.3) is 11.8 Å². The first kappa shape index (κ1) is 22.2. The van der Waals surface area contributed by atoms with Gasteiger partial charge >= 0.3 is 6.03 Å². The number of nitriles is 1. The Labute approximate surface area is 207 Å². The van der Waals surface area contributed by atoms with Gasteiger partial charge in [0, 0.05) is 30.6 Å². The Morgan fingerprint density at radius 1 is 1.19 bits per heavy atom. The molecule has 0 saturated carbocycles. The molecule has 2 bridgehead atoms. The number of benzene rings is 1. The topological polar surface area (TPSA) is 115 Å². The summed E-state index contributed by atoms with van der Waals surface area (Å²) in [5.41, 5.74) is 2.30. The highest BCUT2D eigenvalue weighted by atomic mass is 16.2. The lowest BCUT2D eigenvalue weighted by atomic mass is 9.92. The number of anilines is 1. The molecule has 2 aromatic heterocycles. The van der Waals surface area contributed by atoms with Crippen LogP contribution in [0.1, 0.15) is 48.9 Å². The highest BCUT2D eigenvalue weighted by Crippen LogP contribution is 2.44. The zero-order chi connectivity index (χ0) is 25.5. The molecule has 3 aliphatic heterocycles. The van der Waals surface area contributed by atoms with E-state index in [1.807, 2.05) is 26.8 Å². The van der Waals surface area contributed by atoms with Gasteiger partial charge < -0.3 is 9.80 Å². The summed E-state index contributed by atoms with van der Waals surface area (Å²) in [7, 11) is 1.75. The first-order chi connectivity index (χ1) is 17.1. The number of piperazine rings is 1. The van der Waals surface area contributed by atoms with E-state index < -0.39 is 18.1 Å². The normalized spacial score (nSPS) is 23.1. The minimum absolute atomic E-state index is 0.181. The molecule has 3 saturated heterocycles. The Bertz CT molecular complexity index is 1510. The van der Waals surface area contributed by atoms with Gasteiger partial charge in [-0.1, -0.05) is 20.8 Å². The van der Waals surface area contributed by atoms with Gasteiger partial charge in [0.2, 0.25) is 0 Å². The highest BCUT2D eigenvalue weighted by molar-refractivity contribution is 6.25. The van der Waals surface area contributed by atoms with E-state index in [1.165, 1.54) is 4.90 Å². The molecule has 10 nitrogen and oxygen atoms in total. The number of hydrogen-bond donors (Lipinski definition) is 0. The molecule has 3 aliphatic rings. The van der Waals surface area contributed by atoms with E-state index >= 15 is 0 Å². The fourth-order valence-corrected chi connectivity index (χ4v) is 5.74. The van der Waals surface area contributed by atoms with Crippen molar-refractivity contribution in [2.75, 3.05) is 11.4 Å². The van der Waals surface area contributed by atoms with Crippen LogP contribution in [0.5, 0.6) is 0 Å². The van der Waals surface area contributed by atoms with Crippen molar-refractivity contribution in [1.82, 2.24) is 24.6 Å². The second kappa shape index (κ2) is 7.37. The number of aryl methyl sites for hydroxylation is 1. The molecule has 3 atom stereocenters. The molecule has 182 valence electrons. The van der Waals surface area contributed by atoms with Crippen LogP contribution in [0.3, 0.4) is 0 Å². The minimum atomic E-state index is -0.738. The largest absolute Gasteiger partial charge is 0.332 e. The van der Waals surface area contributed by atoms with Gasteiger partial charge in [0.05, 0.1) is 34.5 Å². The van der Waals surface area contributed by atoms with Crippen LogP contribution < -0.4 is 4.90 Å². The average Bonchev–Trinajstić information content (AvgIpc) is 3.60. The summed E-state index contributed by atoms with van der Waals surface area (Å²) in [6, 6.07) is 8.82. The second-order valence-corrected chi connectivity index (χ2v) is 10.7. The van der Waals surface area contributed by atoms with E-state index in [4.69, 9.17) is 0 Å². The molecular formula is C26H25N7O3. The van der Waals surface area contributed by atoms with Crippen molar-refractivity contribution in [3.63, 3.8) is 0 Å². The summed E-state index contributed by atoms with van der Waals surface area (Å²) < 4.78 is 1.59. The number of amides is 4. The fourth-order valence-electron chi connectivity index (χ4n) is 5.74. The van der Waals surface area contributed by atoms with E-state index in [0.29, 0.717) is 40.8 Å². The number of aromatic nitrogens is 3. The lowest BCUT2D eigenvalue weighted by Crippen LogP contribution is -2.55. The van der Waals surface area contributed by atoms with Crippen molar-refractivity contribution in [2.24, 2.45) is 7.05 Å². The molecule has 0 radical (unpaired) electrons. The van der Waals surface area contributed by atoms with Crippen molar-refractivity contribution in [1.29, 1.82) is 5.26 Å². The number of carbonyl (C=O) groups is 3. The van der Waals surface area contributed by atoms with Crippen LogP contribution in [0.4, 0.5) is 10.5 Å². The predicted molar refractivity (Wildman–Crippen MR) is 130 cm³/mol. The van der Waals surface area contributed by atoms with E-state index in [9.17, 15) is 19.6 Å². The summed E-state index contributed by atoms with van der Waals surface area (Å²) in [5, 5.41) is 14.5. The zero-order valence-corrected chi connectivity index (χ0v) is 20.5. The first-order valence-corrected chi connectivity index (χ1v) is 11.9. The second-order valence-electron chi connectivity index (χ2n) is 10.7. The molecule has 5 heterocycles. The minimum Gasteiger partial charge on any atom is -0.330 e. The number of nitrogens with zero attached hydrogens (tertiary/aromatic N) is 7. The van der Waals surface area contributed by atoms with Crippen LogP contribution in [0.25, 0.3) is 10.9 Å². The molecule has 4 amide bonds. The van der Waals surface area contributed by atoms with E-state index in [2.05, 4.69) is 16.2 Å².